The number of amides is 3. The summed E-state index contributed by atoms with van der Waals surface area (Å²) in [5, 5.41) is 29.4. The molecule has 1 fully saturated rings. The van der Waals surface area contributed by atoms with Crippen LogP contribution in [0.4, 0.5) is 5.82 Å². The van der Waals surface area contributed by atoms with E-state index in [-0.39, 0.29) is 28.8 Å². The largest absolute Gasteiger partial charge is 0.477 e. The highest BCUT2D eigenvalue weighted by Gasteiger charge is 2.54. The molecule has 0 bridgehead atoms. The number of nitrogens with zero attached hydrogens (tertiary/aromatic N) is 8. The first-order chi connectivity index (χ1) is 17.3. The molecule has 36 heavy (non-hydrogen) atoms. The summed E-state index contributed by atoms with van der Waals surface area (Å²) >= 11 is 2.56. The highest BCUT2D eigenvalue weighted by Crippen LogP contribution is 2.41. The molecule has 1 saturated heterocycles. The highest BCUT2D eigenvalue weighted by atomic mass is 32.2. The van der Waals surface area contributed by atoms with Crippen LogP contribution in [-0.4, -0.2) is 100 Å². The van der Waals surface area contributed by atoms with Gasteiger partial charge in [0.1, 0.15) is 30.0 Å². The quantitative estimate of drug-likeness (QED) is 0.104. The van der Waals surface area contributed by atoms with Gasteiger partial charge in [-0.3, -0.25) is 19.3 Å². The van der Waals surface area contributed by atoms with E-state index in [0.717, 1.165) is 4.90 Å². The van der Waals surface area contributed by atoms with Crippen molar-refractivity contribution in [2.24, 2.45) is 12.2 Å². The van der Waals surface area contributed by atoms with Gasteiger partial charge in [-0.25, -0.2) is 19.4 Å². The molecule has 0 aliphatic carbocycles. The molecular weight excluding hydrogens is 516 g/mol. The number of fused-ring (bicyclic) bond motifs is 1. The third-order valence-electron chi connectivity index (χ3n) is 4.97. The Morgan fingerprint density at radius 1 is 1.44 bits per heavy atom. The van der Waals surface area contributed by atoms with Gasteiger partial charge in [-0.1, -0.05) is 16.9 Å². The number of nitrogens with one attached hydrogen (secondary N) is 2. The maximum Gasteiger partial charge on any atom is 0.352 e. The number of hydrogen-bond acceptors (Lipinski definition) is 13. The van der Waals surface area contributed by atoms with Gasteiger partial charge in [0.25, 0.3) is 11.8 Å². The fourth-order valence-corrected chi connectivity index (χ4v) is 5.72. The van der Waals surface area contributed by atoms with Crippen LogP contribution >= 0.6 is 23.5 Å². The molecule has 0 saturated carbocycles. The number of tetrazole rings is 1. The van der Waals surface area contributed by atoms with Crippen LogP contribution < -0.4 is 10.6 Å². The number of rotatable bonds is 10. The van der Waals surface area contributed by atoms with Gasteiger partial charge in [0, 0.05) is 24.8 Å². The summed E-state index contributed by atoms with van der Waals surface area (Å²) in [6, 6.07) is 0.398. The Hall–Kier alpha value is -4.06. The lowest BCUT2D eigenvalue weighted by Gasteiger charge is -2.49. The molecule has 2 aliphatic rings. The fraction of sp³-hybridized carbons (Fsp3) is 0.333. The number of aliphatic carboxylic acids is 1. The maximum absolute atomic E-state index is 12.9. The Morgan fingerprint density at radius 2 is 2.25 bits per heavy atom. The monoisotopic (exact) mass is 534 g/mol. The van der Waals surface area contributed by atoms with Crippen LogP contribution in [0.2, 0.25) is 0 Å². The summed E-state index contributed by atoms with van der Waals surface area (Å²) in [5.41, 5.74) is 0.0746. The summed E-state index contributed by atoms with van der Waals surface area (Å²) < 4.78 is 1.46. The molecule has 3 N–H and O–H groups in total. The number of aromatic nitrogens is 6. The molecule has 2 aromatic rings. The van der Waals surface area contributed by atoms with Gasteiger partial charge >= 0.3 is 5.97 Å². The fourth-order valence-electron chi connectivity index (χ4n) is 3.39. The Morgan fingerprint density at radius 3 is 2.92 bits per heavy atom. The van der Waals surface area contributed by atoms with Gasteiger partial charge < -0.3 is 20.6 Å². The van der Waals surface area contributed by atoms with Crippen molar-refractivity contribution in [1.82, 2.24) is 40.4 Å². The van der Waals surface area contributed by atoms with Gasteiger partial charge in [0.2, 0.25) is 17.3 Å². The van der Waals surface area contributed by atoms with Crippen LogP contribution in [0, 0.1) is 0 Å². The number of carbonyl (C=O) groups is 4. The van der Waals surface area contributed by atoms with Crippen molar-refractivity contribution in [2.75, 3.05) is 23.9 Å². The number of carbonyl (C=O) groups excluding carboxylic acids is 3. The van der Waals surface area contributed by atoms with Gasteiger partial charge in [0.05, 0.1) is 0 Å². The van der Waals surface area contributed by atoms with Crippen molar-refractivity contribution in [3.05, 3.63) is 29.4 Å². The van der Waals surface area contributed by atoms with E-state index in [1.54, 1.807) is 7.05 Å². The first-order valence-electron chi connectivity index (χ1n) is 10.1. The number of anilines is 1. The van der Waals surface area contributed by atoms with Crippen LogP contribution in [0.15, 0.2) is 33.8 Å². The summed E-state index contributed by atoms with van der Waals surface area (Å²) in [4.78, 5) is 62.5. The standard InChI is InChI=1S/C18H18N10O6S2/c1-27-18(23-25-26-27)36-6-8-5-35-16-11(15(31)28(16)12(8)17(32)33)22-14(30)10(24-34-2)13-19-4-3-9(21-13)20-7-29/h3-4,7,11,16H,5-6H2,1-2H3,(H,22,30)(H,32,33)(H,19,20,21,29)/t11?,16-/m1/s1. The molecule has 16 nitrogen and oxygen atoms in total. The minimum atomic E-state index is -1.25. The highest BCUT2D eigenvalue weighted by molar-refractivity contribution is 8.01. The average molecular weight is 535 g/mol. The lowest BCUT2D eigenvalue weighted by atomic mass is 10.0. The topological polar surface area (TPSA) is 207 Å². The third-order valence-corrected chi connectivity index (χ3v) is 7.40. The zero-order chi connectivity index (χ0) is 25.8. The number of aryl methyl sites for hydroxylation is 1. The second-order valence-electron chi connectivity index (χ2n) is 7.14. The number of carboxylic acid groups (broad SMARTS) is 1. The van der Waals surface area contributed by atoms with E-state index in [1.807, 2.05) is 0 Å². The second-order valence-corrected chi connectivity index (χ2v) is 9.19. The molecule has 2 aliphatic heterocycles. The second kappa shape index (κ2) is 10.7. The van der Waals surface area contributed by atoms with Gasteiger partial charge in [-0.15, -0.1) is 16.9 Å². The zero-order valence-electron chi connectivity index (χ0n) is 18.7. The third kappa shape index (κ3) is 4.85. The number of hydrogen-bond donors (Lipinski definition) is 3. The van der Waals surface area contributed by atoms with Crippen molar-refractivity contribution < 1.29 is 29.1 Å². The first kappa shape index (κ1) is 25.0. The zero-order valence-corrected chi connectivity index (χ0v) is 20.3. The van der Waals surface area contributed by atoms with Crippen molar-refractivity contribution in [1.29, 1.82) is 0 Å². The molecule has 3 amide bonds. The van der Waals surface area contributed by atoms with Crippen LogP contribution in [0.1, 0.15) is 5.82 Å². The molecule has 0 spiro atoms. The lowest BCUT2D eigenvalue weighted by Crippen LogP contribution is -2.71. The molecule has 4 heterocycles. The summed E-state index contributed by atoms with van der Waals surface area (Å²) in [5.74, 6) is -2.08. The van der Waals surface area contributed by atoms with Crippen LogP contribution in [0.3, 0.4) is 0 Å². The number of thioether (sulfide) groups is 2. The normalized spacial score (nSPS) is 19.3. The number of carboxylic acids is 1. The van der Waals surface area contributed by atoms with Crippen molar-refractivity contribution in [3.63, 3.8) is 0 Å². The smallest absolute Gasteiger partial charge is 0.352 e. The van der Waals surface area contributed by atoms with Crippen LogP contribution in [0.25, 0.3) is 0 Å². The van der Waals surface area contributed by atoms with E-state index in [0.29, 0.717) is 22.9 Å². The molecular formula is C18H18N10O6S2. The van der Waals surface area contributed by atoms with E-state index >= 15 is 0 Å². The van der Waals surface area contributed by atoms with E-state index in [4.69, 9.17) is 4.84 Å². The molecule has 2 atom stereocenters. The van der Waals surface area contributed by atoms with Crippen LogP contribution in [-0.2, 0) is 31.1 Å². The number of β-lactam (4-membered cyclic amide) rings is 1. The summed E-state index contributed by atoms with van der Waals surface area (Å²) in [6.07, 6.45) is 1.71. The molecule has 2 aromatic heterocycles. The Balaban J connectivity index is 1.50. The van der Waals surface area contributed by atoms with Gasteiger partial charge in [0.15, 0.2) is 5.82 Å². The number of oxime groups is 1. The first-order valence-corrected chi connectivity index (χ1v) is 12.1. The van der Waals surface area contributed by atoms with Crippen molar-refractivity contribution in [3.8, 4) is 0 Å². The maximum atomic E-state index is 12.9. The minimum Gasteiger partial charge on any atom is -0.477 e. The predicted molar refractivity (Wildman–Crippen MR) is 124 cm³/mol. The Labute approximate surface area is 210 Å². The van der Waals surface area contributed by atoms with Crippen molar-refractivity contribution in [2.45, 2.75) is 16.6 Å². The van der Waals surface area contributed by atoms with E-state index < -0.39 is 29.2 Å². The van der Waals surface area contributed by atoms with Gasteiger partial charge in [-0.05, 0) is 22.1 Å². The van der Waals surface area contributed by atoms with Crippen molar-refractivity contribution >= 4 is 59.2 Å². The summed E-state index contributed by atoms with van der Waals surface area (Å²) in [6.45, 7) is 0. The SMILES string of the molecule is CON=C(C(=O)NC1C(=O)N2C(C(=O)O)=C(CSc3nnnn3C)CS[C@H]12)c1nccc(NC=O)n1. The molecule has 0 radical (unpaired) electrons. The molecule has 188 valence electrons. The Kier molecular flexibility index (Phi) is 7.44. The van der Waals surface area contributed by atoms with E-state index in [1.165, 1.54) is 47.6 Å². The Bertz CT molecular complexity index is 1280. The van der Waals surface area contributed by atoms with Gasteiger partial charge in [-0.2, -0.15) is 0 Å². The molecule has 4 rings (SSSR count). The predicted octanol–water partition coefficient (Wildman–Crippen LogP) is -1.55. The molecule has 1 unspecified atom stereocenters. The minimum absolute atomic E-state index is 0.124. The average Bonchev–Trinajstić information content (AvgIpc) is 3.28. The summed E-state index contributed by atoms with van der Waals surface area (Å²) in [7, 11) is 2.88. The van der Waals surface area contributed by atoms with E-state index in [9.17, 15) is 24.3 Å². The van der Waals surface area contributed by atoms with E-state index in [2.05, 4.69) is 41.3 Å². The molecule has 18 heteroatoms. The lowest BCUT2D eigenvalue weighted by molar-refractivity contribution is -0.150. The van der Waals surface area contributed by atoms with Crippen LogP contribution in [0.5, 0.6) is 0 Å². The molecule has 0 aromatic carbocycles.